The van der Waals surface area contributed by atoms with Crippen LogP contribution in [0.25, 0.3) is 11.2 Å². The fourth-order valence-electron chi connectivity index (χ4n) is 3.03. The summed E-state index contributed by atoms with van der Waals surface area (Å²) < 4.78 is 2.35. The lowest BCUT2D eigenvalue weighted by Crippen LogP contribution is -2.34. The molecule has 0 saturated heterocycles. The van der Waals surface area contributed by atoms with Gasteiger partial charge >= 0.3 is 0 Å². The summed E-state index contributed by atoms with van der Waals surface area (Å²) in [5.74, 6) is -0.143. The Kier molecular flexibility index (Phi) is 4.44. The molecule has 0 unspecified atom stereocenters. The molecular formula is C18H14BrN5O3. The highest BCUT2D eigenvalue weighted by Crippen LogP contribution is 2.25. The topological polar surface area (TPSA) is 93.6 Å². The second-order valence-electron chi connectivity index (χ2n) is 6.14. The van der Waals surface area contributed by atoms with Gasteiger partial charge in [0.05, 0.1) is 9.40 Å². The molecule has 0 radical (unpaired) electrons. The highest BCUT2D eigenvalue weighted by molar-refractivity contribution is 9.10. The highest BCUT2D eigenvalue weighted by atomic mass is 79.9. The number of halogens is 1. The Morgan fingerprint density at radius 1 is 1.26 bits per heavy atom. The summed E-state index contributed by atoms with van der Waals surface area (Å²) in [7, 11) is 0. The number of fused-ring (bicyclic) bond motifs is 1. The van der Waals surface area contributed by atoms with E-state index < -0.39 is 4.92 Å². The number of carbonyl (C=O) groups is 1. The van der Waals surface area contributed by atoms with Gasteiger partial charge in [0, 0.05) is 43.7 Å². The predicted molar refractivity (Wildman–Crippen MR) is 102 cm³/mol. The van der Waals surface area contributed by atoms with E-state index in [0.29, 0.717) is 30.9 Å². The standard InChI is InChI=1S/C18H14BrN5O3/c19-14-10-20-17-9-16(21-23(17)11-14)18(25)22-7-5-13(6-8-22)12-1-3-15(4-2-12)24(26)27/h1-5,9-11H,6-8H2. The van der Waals surface area contributed by atoms with E-state index >= 15 is 0 Å². The fraction of sp³-hybridized carbons (Fsp3) is 0.167. The molecular weight excluding hydrogens is 414 g/mol. The molecule has 1 aliphatic heterocycles. The number of rotatable bonds is 3. The lowest BCUT2D eigenvalue weighted by atomic mass is 9.99. The van der Waals surface area contributed by atoms with Crippen LogP contribution in [0, 0.1) is 10.1 Å². The van der Waals surface area contributed by atoms with Gasteiger partial charge < -0.3 is 4.90 Å². The Hall–Kier alpha value is -3.07. The van der Waals surface area contributed by atoms with Crippen LogP contribution in [0.5, 0.6) is 0 Å². The SMILES string of the molecule is O=C(c1cc2ncc(Br)cn2n1)N1CC=C(c2ccc([N+](=O)[O-])cc2)CC1. The molecule has 27 heavy (non-hydrogen) atoms. The number of amides is 1. The molecule has 8 nitrogen and oxygen atoms in total. The molecule has 1 aliphatic rings. The summed E-state index contributed by atoms with van der Waals surface area (Å²) >= 11 is 3.33. The number of aromatic nitrogens is 3. The number of hydrogen-bond acceptors (Lipinski definition) is 5. The first-order chi connectivity index (χ1) is 13.0. The van der Waals surface area contributed by atoms with Gasteiger partial charge in [-0.15, -0.1) is 0 Å². The Bertz CT molecular complexity index is 1070. The molecule has 0 N–H and O–H groups in total. The van der Waals surface area contributed by atoms with Gasteiger partial charge in [-0.1, -0.05) is 6.08 Å². The lowest BCUT2D eigenvalue weighted by Gasteiger charge is -2.26. The minimum Gasteiger partial charge on any atom is -0.333 e. The lowest BCUT2D eigenvalue weighted by molar-refractivity contribution is -0.384. The number of carbonyl (C=O) groups excluding carboxylic acids is 1. The summed E-state index contributed by atoms with van der Waals surface area (Å²) in [6.07, 6.45) is 6.07. The van der Waals surface area contributed by atoms with Gasteiger partial charge in [0.1, 0.15) is 0 Å². The molecule has 0 bridgehead atoms. The maximum atomic E-state index is 12.7. The molecule has 1 amide bonds. The Labute approximate surface area is 162 Å². The average Bonchev–Trinajstić information content (AvgIpc) is 3.11. The molecule has 9 heteroatoms. The van der Waals surface area contributed by atoms with Crippen LogP contribution in [0.1, 0.15) is 22.5 Å². The Morgan fingerprint density at radius 2 is 2.04 bits per heavy atom. The number of hydrogen-bond donors (Lipinski definition) is 0. The maximum absolute atomic E-state index is 12.7. The summed E-state index contributed by atoms with van der Waals surface area (Å²) in [6, 6.07) is 8.15. The summed E-state index contributed by atoms with van der Waals surface area (Å²) in [6.45, 7) is 1.03. The summed E-state index contributed by atoms with van der Waals surface area (Å²) in [5.41, 5.74) is 3.05. The number of non-ortho nitro benzene ring substituents is 1. The normalized spacial score (nSPS) is 14.3. The molecule has 0 saturated carbocycles. The zero-order chi connectivity index (χ0) is 19.0. The number of benzene rings is 1. The fourth-order valence-corrected chi connectivity index (χ4v) is 3.33. The van der Waals surface area contributed by atoms with Gasteiger partial charge in [-0.2, -0.15) is 5.10 Å². The monoisotopic (exact) mass is 427 g/mol. The van der Waals surface area contributed by atoms with Crippen LogP contribution in [0.2, 0.25) is 0 Å². The van der Waals surface area contributed by atoms with Crippen molar-refractivity contribution in [3.63, 3.8) is 0 Å². The van der Waals surface area contributed by atoms with E-state index in [2.05, 4.69) is 26.0 Å². The molecule has 1 aromatic carbocycles. The summed E-state index contributed by atoms with van der Waals surface area (Å²) in [5, 5.41) is 15.1. The molecule has 0 atom stereocenters. The third kappa shape index (κ3) is 3.45. The first-order valence-corrected chi connectivity index (χ1v) is 9.04. The number of nitrogens with zero attached hydrogens (tertiary/aromatic N) is 5. The van der Waals surface area contributed by atoms with Crippen molar-refractivity contribution in [3.05, 3.63) is 74.6 Å². The highest BCUT2D eigenvalue weighted by Gasteiger charge is 2.22. The van der Waals surface area contributed by atoms with E-state index in [1.807, 2.05) is 6.08 Å². The first-order valence-electron chi connectivity index (χ1n) is 8.25. The minimum atomic E-state index is -0.415. The van der Waals surface area contributed by atoms with Gasteiger partial charge in [-0.05, 0) is 45.6 Å². The zero-order valence-electron chi connectivity index (χ0n) is 14.1. The quantitative estimate of drug-likeness (QED) is 0.471. The minimum absolute atomic E-state index is 0.0686. The van der Waals surface area contributed by atoms with Crippen molar-refractivity contribution in [2.45, 2.75) is 6.42 Å². The molecule has 2 aromatic heterocycles. The smallest absolute Gasteiger partial charge is 0.274 e. The maximum Gasteiger partial charge on any atom is 0.274 e. The third-order valence-corrected chi connectivity index (χ3v) is 4.86. The van der Waals surface area contributed by atoms with Crippen molar-refractivity contribution in [2.75, 3.05) is 13.1 Å². The Morgan fingerprint density at radius 3 is 2.70 bits per heavy atom. The van der Waals surface area contributed by atoms with Crippen LogP contribution < -0.4 is 0 Å². The van der Waals surface area contributed by atoms with E-state index in [9.17, 15) is 14.9 Å². The van der Waals surface area contributed by atoms with Gasteiger partial charge in [0.15, 0.2) is 11.3 Å². The van der Waals surface area contributed by atoms with E-state index in [1.54, 1.807) is 40.0 Å². The van der Waals surface area contributed by atoms with Gasteiger partial charge in [-0.25, -0.2) is 9.50 Å². The molecule has 0 aliphatic carbocycles. The van der Waals surface area contributed by atoms with Crippen LogP contribution >= 0.6 is 15.9 Å². The number of nitro benzene ring substituents is 1. The van der Waals surface area contributed by atoms with Crippen molar-refractivity contribution in [1.29, 1.82) is 0 Å². The van der Waals surface area contributed by atoms with Crippen LogP contribution in [-0.2, 0) is 0 Å². The number of nitro groups is 1. The second-order valence-corrected chi connectivity index (χ2v) is 7.05. The summed E-state index contributed by atoms with van der Waals surface area (Å²) in [4.78, 5) is 29.0. The molecule has 0 fully saturated rings. The van der Waals surface area contributed by atoms with Crippen molar-refractivity contribution in [3.8, 4) is 0 Å². The van der Waals surface area contributed by atoms with Gasteiger partial charge in [0.2, 0.25) is 0 Å². The van der Waals surface area contributed by atoms with Crippen molar-refractivity contribution in [1.82, 2.24) is 19.5 Å². The first kappa shape index (κ1) is 17.3. The molecule has 3 aromatic rings. The van der Waals surface area contributed by atoms with E-state index in [1.165, 1.54) is 12.1 Å². The second kappa shape index (κ2) is 6.92. The molecule has 3 heterocycles. The van der Waals surface area contributed by atoms with Crippen LogP contribution in [0.15, 0.2) is 53.3 Å². The van der Waals surface area contributed by atoms with Crippen molar-refractivity contribution in [2.24, 2.45) is 0 Å². The van der Waals surface area contributed by atoms with Crippen LogP contribution in [-0.4, -0.2) is 43.4 Å². The van der Waals surface area contributed by atoms with E-state index in [-0.39, 0.29) is 11.6 Å². The van der Waals surface area contributed by atoms with Crippen molar-refractivity contribution >= 4 is 38.7 Å². The third-order valence-electron chi connectivity index (χ3n) is 4.45. The Balaban J connectivity index is 1.50. The van der Waals surface area contributed by atoms with Gasteiger partial charge in [-0.3, -0.25) is 14.9 Å². The van der Waals surface area contributed by atoms with Crippen LogP contribution in [0.4, 0.5) is 5.69 Å². The molecule has 136 valence electrons. The molecule has 0 spiro atoms. The van der Waals surface area contributed by atoms with Crippen LogP contribution in [0.3, 0.4) is 0 Å². The average molecular weight is 428 g/mol. The van der Waals surface area contributed by atoms with E-state index in [4.69, 9.17) is 0 Å². The largest absolute Gasteiger partial charge is 0.333 e. The van der Waals surface area contributed by atoms with E-state index in [0.717, 1.165) is 15.6 Å². The predicted octanol–water partition coefficient (Wildman–Crippen LogP) is 3.33. The van der Waals surface area contributed by atoms with Gasteiger partial charge in [0.25, 0.3) is 11.6 Å². The molecule has 4 rings (SSSR count). The zero-order valence-corrected chi connectivity index (χ0v) is 15.7. The van der Waals surface area contributed by atoms with Crippen molar-refractivity contribution < 1.29 is 9.72 Å².